The fourth-order valence-electron chi connectivity index (χ4n) is 1.89. The highest BCUT2D eigenvalue weighted by molar-refractivity contribution is 7.98. The van der Waals surface area contributed by atoms with Gasteiger partial charge in [0.1, 0.15) is 0 Å². The quantitative estimate of drug-likeness (QED) is 0.937. The molecule has 2 aromatic heterocycles. The molecule has 1 atom stereocenters. The number of hydrogen-bond donors (Lipinski definition) is 1. The zero-order valence-electron chi connectivity index (χ0n) is 10.4. The average Bonchev–Trinajstić information content (AvgIpc) is 3.03. The van der Waals surface area contributed by atoms with Gasteiger partial charge in [0.2, 0.25) is 5.89 Å². The van der Waals surface area contributed by atoms with E-state index in [-0.39, 0.29) is 6.04 Å². The molecule has 1 aliphatic heterocycles. The second-order valence-electron chi connectivity index (χ2n) is 4.32. The van der Waals surface area contributed by atoms with Crippen LogP contribution >= 0.6 is 23.1 Å². The molecule has 0 aromatic carbocycles. The molecular weight excluding hydrogens is 266 g/mol. The number of fused-ring (bicyclic) bond motifs is 1. The lowest BCUT2D eigenvalue weighted by Gasteiger charge is -2.08. The molecule has 3 heterocycles. The predicted octanol–water partition coefficient (Wildman–Crippen LogP) is 2.87. The van der Waals surface area contributed by atoms with Crippen LogP contribution in [0.2, 0.25) is 0 Å². The molecule has 18 heavy (non-hydrogen) atoms. The molecule has 3 rings (SSSR count). The Bertz CT molecular complexity index is 526. The summed E-state index contributed by atoms with van der Waals surface area (Å²) in [6, 6.07) is 2.30. The van der Waals surface area contributed by atoms with Crippen LogP contribution in [0.25, 0.3) is 10.8 Å². The predicted molar refractivity (Wildman–Crippen MR) is 75.0 cm³/mol. The van der Waals surface area contributed by atoms with Crippen molar-refractivity contribution in [3.05, 3.63) is 22.4 Å². The molecule has 2 aromatic rings. The Morgan fingerprint density at radius 3 is 3.11 bits per heavy atom. The highest BCUT2D eigenvalue weighted by atomic mass is 32.2. The third-order valence-corrected chi connectivity index (χ3v) is 5.32. The molecule has 96 valence electrons. The van der Waals surface area contributed by atoms with Gasteiger partial charge >= 0.3 is 0 Å². The van der Waals surface area contributed by atoms with Crippen molar-refractivity contribution in [2.45, 2.75) is 25.1 Å². The molecular formula is C12H15N3OS2. The first kappa shape index (κ1) is 12.2. The number of hydrogen-bond acceptors (Lipinski definition) is 6. The van der Waals surface area contributed by atoms with Crippen molar-refractivity contribution in [2.24, 2.45) is 0 Å². The molecule has 0 saturated carbocycles. The molecule has 0 radical (unpaired) electrons. The van der Waals surface area contributed by atoms with E-state index < -0.39 is 0 Å². The smallest absolute Gasteiger partial charge is 0.257 e. The molecule has 0 saturated heterocycles. The largest absolute Gasteiger partial charge is 0.418 e. The van der Waals surface area contributed by atoms with Gasteiger partial charge in [0, 0.05) is 10.6 Å². The average molecular weight is 281 g/mol. The molecule has 1 unspecified atom stereocenters. The second kappa shape index (κ2) is 5.03. The van der Waals surface area contributed by atoms with Crippen LogP contribution in [0.5, 0.6) is 0 Å². The van der Waals surface area contributed by atoms with Crippen molar-refractivity contribution in [2.75, 3.05) is 12.8 Å². The number of rotatable bonds is 3. The second-order valence-corrected chi connectivity index (χ2v) is 6.56. The van der Waals surface area contributed by atoms with Gasteiger partial charge in [-0.25, -0.2) is 0 Å². The minimum atomic E-state index is 0.0939. The molecule has 0 aliphatic carbocycles. The highest BCUT2D eigenvalue weighted by Gasteiger charge is 2.19. The van der Waals surface area contributed by atoms with Crippen molar-refractivity contribution in [3.8, 4) is 10.8 Å². The number of nitrogens with one attached hydrogen (secondary N) is 1. The summed E-state index contributed by atoms with van der Waals surface area (Å²) >= 11 is 3.78. The fourth-order valence-corrected chi connectivity index (χ4v) is 4.18. The zero-order valence-corrected chi connectivity index (χ0v) is 12.0. The van der Waals surface area contributed by atoms with Gasteiger partial charge in [0.05, 0.1) is 10.9 Å². The number of thiophene rings is 1. The third kappa shape index (κ3) is 2.20. The van der Waals surface area contributed by atoms with Gasteiger partial charge in [-0.3, -0.25) is 0 Å². The van der Waals surface area contributed by atoms with Crippen LogP contribution in [0.1, 0.15) is 29.3 Å². The van der Waals surface area contributed by atoms with E-state index in [4.69, 9.17) is 4.42 Å². The summed E-state index contributed by atoms with van der Waals surface area (Å²) in [6.07, 6.45) is 1.17. The van der Waals surface area contributed by atoms with Gasteiger partial charge in [-0.15, -0.1) is 21.5 Å². The lowest BCUT2D eigenvalue weighted by molar-refractivity contribution is 0.442. The molecule has 0 bridgehead atoms. The summed E-state index contributed by atoms with van der Waals surface area (Å²) in [5.74, 6) is 3.63. The van der Waals surface area contributed by atoms with E-state index in [1.807, 2.05) is 25.7 Å². The Balaban J connectivity index is 1.90. The normalized spacial score (nSPS) is 16.6. The van der Waals surface area contributed by atoms with E-state index in [1.165, 1.54) is 22.6 Å². The Kier molecular flexibility index (Phi) is 3.41. The van der Waals surface area contributed by atoms with E-state index in [9.17, 15) is 0 Å². The first-order valence-electron chi connectivity index (χ1n) is 5.98. The Labute approximate surface area is 114 Å². The minimum absolute atomic E-state index is 0.0939. The lowest BCUT2D eigenvalue weighted by Crippen LogP contribution is -2.12. The van der Waals surface area contributed by atoms with Gasteiger partial charge in [-0.05, 0) is 37.8 Å². The summed E-state index contributed by atoms with van der Waals surface area (Å²) < 4.78 is 5.72. The van der Waals surface area contributed by atoms with Gasteiger partial charge in [-0.1, -0.05) is 0 Å². The first-order chi connectivity index (χ1) is 8.78. The summed E-state index contributed by atoms with van der Waals surface area (Å²) in [7, 11) is 1.88. The number of nitrogens with zero attached hydrogens (tertiary/aromatic N) is 2. The van der Waals surface area contributed by atoms with Crippen molar-refractivity contribution in [1.29, 1.82) is 0 Å². The van der Waals surface area contributed by atoms with Crippen molar-refractivity contribution in [3.63, 3.8) is 0 Å². The minimum Gasteiger partial charge on any atom is -0.418 e. The third-order valence-electron chi connectivity index (χ3n) is 3.08. The molecule has 1 N–H and O–H groups in total. The maximum atomic E-state index is 5.72. The van der Waals surface area contributed by atoms with Crippen LogP contribution in [0.15, 0.2) is 10.5 Å². The maximum absolute atomic E-state index is 5.72. The van der Waals surface area contributed by atoms with Crippen LogP contribution < -0.4 is 5.32 Å². The monoisotopic (exact) mass is 281 g/mol. The molecule has 0 amide bonds. The molecule has 0 fully saturated rings. The highest BCUT2D eigenvalue weighted by Crippen LogP contribution is 2.36. The first-order valence-corrected chi connectivity index (χ1v) is 7.95. The van der Waals surface area contributed by atoms with Crippen LogP contribution in [0.4, 0.5) is 0 Å². The topological polar surface area (TPSA) is 51.0 Å². The van der Waals surface area contributed by atoms with Crippen molar-refractivity contribution in [1.82, 2.24) is 15.5 Å². The Hall–Kier alpha value is -0.850. The van der Waals surface area contributed by atoms with E-state index in [1.54, 1.807) is 11.3 Å². The van der Waals surface area contributed by atoms with Gasteiger partial charge in [0.15, 0.2) is 0 Å². The standard InChI is InChI=1S/C12H15N3OS2/c1-7(13-2)11-14-15-12(16-11)10-5-8-6-17-4-3-9(8)18-10/h5,7,13H,3-4,6H2,1-2H3. The Morgan fingerprint density at radius 1 is 1.44 bits per heavy atom. The van der Waals surface area contributed by atoms with E-state index >= 15 is 0 Å². The number of thioether (sulfide) groups is 1. The van der Waals surface area contributed by atoms with E-state index in [2.05, 4.69) is 21.6 Å². The van der Waals surface area contributed by atoms with Gasteiger partial charge < -0.3 is 9.73 Å². The van der Waals surface area contributed by atoms with E-state index in [0.29, 0.717) is 11.8 Å². The van der Waals surface area contributed by atoms with Crippen LogP contribution in [-0.4, -0.2) is 23.0 Å². The maximum Gasteiger partial charge on any atom is 0.257 e. The van der Waals surface area contributed by atoms with Crippen LogP contribution in [0.3, 0.4) is 0 Å². The summed E-state index contributed by atoms with van der Waals surface area (Å²) in [5, 5.41) is 11.3. The van der Waals surface area contributed by atoms with E-state index in [0.717, 1.165) is 10.6 Å². The summed E-state index contributed by atoms with van der Waals surface area (Å²) in [4.78, 5) is 2.58. The SMILES string of the molecule is CNC(C)c1nnc(-c2cc3c(s2)CCSC3)o1. The van der Waals surface area contributed by atoms with Crippen molar-refractivity contribution >= 4 is 23.1 Å². The van der Waals surface area contributed by atoms with Gasteiger partial charge in [0.25, 0.3) is 5.89 Å². The molecule has 1 aliphatic rings. The fraction of sp³-hybridized carbons (Fsp3) is 0.500. The zero-order chi connectivity index (χ0) is 12.5. The Morgan fingerprint density at radius 2 is 2.33 bits per heavy atom. The van der Waals surface area contributed by atoms with Gasteiger partial charge in [-0.2, -0.15) is 11.8 Å². The van der Waals surface area contributed by atoms with Crippen molar-refractivity contribution < 1.29 is 4.42 Å². The number of aryl methyl sites for hydroxylation is 1. The molecule has 6 heteroatoms. The lowest BCUT2D eigenvalue weighted by atomic mass is 10.2. The molecule has 0 spiro atoms. The summed E-state index contributed by atoms with van der Waals surface area (Å²) in [6.45, 7) is 2.01. The summed E-state index contributed by atoms with van der Waals surface area (Å²) in [5.41, 5.74) is 1.44. The molecule has 4 nitrogen and oxygen atoms in total. The van der Waals surface area contributed by atoms with Crippen LogP contribution in [-0.2, 0) is 12.2 Å². The number of aromatic nitrogens is 2. The van der Waals surface area contributed by atoms with Crippen LogP contribution in [0, 0.1) is 0 Å².